The number of carbonyl (C=O) groups is 2. The van der Waals surface area contributed by atoms with Gasteiger partial charge in [0.2, 0.25) is 0 Å². The molecule has 0 rings (SSSR count). The van der Waals surface area contributed by atoms with Crippen LogP contribution in [0.1, 0.15) is 0 Å². The molecule has 0 aliphatic rings. The third kappa shape index (κ3) is 18.2. The van der Waals surface area contributed by atoms with Crippen molar-refractivity contribution >= 4 is 12.2 Å². The van der Waals surface area contributed by atoms with Crippen LogP contribution in [0.2, 0.25) is 0 Å². The second-order valence-corrected chi connectivity index (χ2v) is 2.32. The van der Waals surface area contributed by atoms with Gasteiger partial charge in [-0.15, -0.1) is 0 Å². The van der Waals surface area contributed by atoms with E-state index in [4.69, 9.17) is 0 Å². The van der Waals surface area contributed by atoms with Gasteiger partial charge in [0.1, 0.15) is 12.2 Å². The number of amides is 2. The fourth-order valence-corrected chi connectivity index (χ4v) is 0. The van der Waals surface area contributed by atoms with Crippen molar-refractivity contribution in [3.63, 3.8) is 0 Å². The van der Waals surface area contributed by atoms with Crippen molar-refractivity contribution in [2.45, 2.75) is 0 Å². The standard InChI is InChI=1S/2C3H7NO2.Co/c2*1-4(2)3(5)6;/h2*1-2H3,(H,5,6);/q;;+2/p-2. The third-order valence-electron chi connectivity index (χ3n) is 0.730. The second kappa shape index (κ2) is 9.14. The van der Waals surface area contributed by atoms with Crippen molar-refractivity contribution in [2.24, 2.45) is 0 Å². The minimum absolute atomic E-state index is 0. The van der Waals surface area contributed by atoms with E-state index in [0.29, 0.717) is 0 Å². The summed E-state index contributed by atoms with van der Waals surface area (Å²) in [5.41, 5.74) is 0. The Kier molecular flexibility index (Phi) is 12.6. The summed E-state index contributed by atoms with van der Waals surface area (Å²) in [6.07, 6.45) is -2.31. The molecular weight excluding hydrogens is 223 g/mol. The Hall–Kier alpha value is -0.954. The van der Waals surface area contributed by atoms with Crippen LogP contribution in [0.3, 0.4) is 0 Å². The van der Waals surface area contributed by atoms with Gasteiger partial charge in [0, 0.05) is 28.2 Å². The molecule has 7 heteroatoms. The summed E-state index contributed by atoms with van der Waals surface area (Å²) in [4.78, 5) is 21.0. The Bertz CT molecular complexity index is 143. The molecule has 0 aliphatic heterocycles. The summed E-state index contributed by atoms with van der Waals surface area (Å²) in [6.45, 7) is 0. The normalized spacial score (nSPS) is 7.08. The summed E-state index contributed by atoms with van der Waals surface area (Å²) in [7, 11) is 5.65. The molecule has 13 heavy (non-hydrogen) atoms. The van der Waals surface area contributed by atoms with Crippen LogP contribution in [0.15, 0.2) is 0 Å². The predicted octanol–water partition coefficient (Wildman–Crippen LogP) is -2.22. The second-order valence-electron chi connectivity index (χ2n) is 2.32. The zero-order valence-corrected chi connectivity index (χ0v) is 8.90. The van der Waals surface area contributed by atoms with E-state index in [1.54, 1.807) is 0 Å². The fraction of sp³-hybridized carbons (Fsp3) is 0.667. The molecule has 0 atom stereocenters. The maximum atomic E-state index is 9.51. The van der Waals surface area contributed by atoms with Gasteiger partial charge in [0.25, 0.3) is 0 Å². The number of carbonyl (C=O) groups excluding carboxylic acids is 2. The van der Waals surface area contributed by atoms with Crippen LogP contribution in [0.25, 0.3) is 0 Å². The average molecular weight is 235 g/mol. The molecule has 0 saturated heterocycles. The molecule has 0 aromatic carbocycles. The first-order valence-electron chi connectivity index (χ1n) is 3.05. The van der Waals surface area contributed by atoms with Crippen LogP contribution in [0, 0.1) is 0 Å². The van der Waals surface area contributed by atoms with E-state index >= 15 is 0 Å². The van der Waals surface area contributed by atoms with Crippen molar-refractivity contribution in [1.29, 1.82) is 0 Å². The number of hydrogen-bond donors (Lipinski definition) is 0. The van der Waals surface area contributed by atoms with Crippen LogP contribution < -0.4 is 10.2 Å². The first-order chi connectivity index (χ1) is 5.29. The molecular formula is C6H12CoN2O4. The monoisotopic (exact) mass is 235 g/mol. The minimum atomic E-state index is -1.16. The third-order valence-corrected chi connectivity index (χ3v) is 0.730. The molecule has 0 fully saturated rings. The van der Waals surface area contributed by atoms with E-state index in [-0.39, 0.29) is 16.8 Å². The maximum absolute atomic E-state index is 9.51. The minimum Gasteiger partial charge on any atom is -0.530 e. The van der Waals surface area contributed by atoms with E-state index in [2.05, 4.69) is 0 Å². The zero-order valence-electron chi connectivity index (χ0n) is 7.86. The summed E-state index contributed by atoms with van der Waals surface area (Å²) < 4.78 is 0. The van der Waals surface area contributed by atoms with Gasteiger partial charge in [-0.25, -0.2) is 0 Å². The van der Waals surface area contributed by atoms with Crippen molar-refractivity contribution in [2.75, 3.05) is 28.2 Å². The molecule has 0 spiro atoms. The molecule has 0 aromatic heterocycles. The topological polar surface area (TPSA) is 86.7 Å². The molecule has 0 N–H and O–H groups in total. The van der Waals surface area contributed by atoms with Gasteiger partial charge in [-0.05, 0) is 0 Å². The molecule has 0 aliphatic carbocycles. The van der Waals surface area contributed by atoms with Crippen molar-refractivity contribution in [3.05, 3.63) is 0 Å². The van der Waals surface area contributed by atoms with Crippen LogP contribution in [-0.2, 0) is 16.8 Å². The molecule has 0 aromatic rings. The predicted molar refractivity (Wildman–Crippen MR) is 38.2 cm³/mol. The Morgan fingerprint density at radius 2 is 0.923 bits per heavy atom. The van der Waals surface area contributed by atoms with E-state index in [9.17, 15) is 19.8 Å². The largest absolute Gasteiger partial charge is 2.00 e. The number of rotatable bonds is 0. The number of nitrogens with zero attached hydrogens (tertiary/aromatic N) is 2. The van der Waals surface area contributed by atoms with Crippen LogP contribution in [0.5, 0.6) is 0 Å². The van der Waals surface area contributed by atoms with E-state index < -0.39 is 12.2 Å². The first kappa shape index (κ1) is 18.0. The fourth-order valence-electron chi connectivity index (χ4n) is 0. The molecule has 0 unspecified atom stereocenters. The number of carboxylic acid groups (broad SMARTS) is 2. The van der Waals surface area contributed by atoms with Gasteiger partial charge in [0.05, 0.1) is 0 Å². The first-order valence-corrected chi connectivity index (χ1v) is 3.05. The Morgan fingerprint density at radius 1 is 0.846 bits per heavy atom. The summed E-state index contributed by atoms with van der Waals surface area (Å²) in [6, 6.07) is 0. The van der Waals surface area contributed by atoms with Crippen molar-refractivity contribution < 1.29 is 36.6 Å². The molecule has 2 amide bonds. The molecule has 6 nitrogen and oxygen atoms in total. The molecule has 0 bridgehead atoms. The van der Waals surface area contributed by atoms with Gasteiger partial charge in [-0.2, -0.15) is 0 Å². The molecule has 0 heterocycles. The van der Waals surface area contributed by atoms with E-state index in [0.717, 1.165) is 9.80 Å². The van der Waals surface area contributed by atoms with Gasteiger partial charge in [-0.3, -0.25) is 0 Å². The Morgan fingerprint density at radius 3 is 0.923 bits per heavy atom. The van der Waals surface area contributed by atoms with Crippen LogP contribution >= 0.6 is 0 Å². The van der Waals surface area contributed by atoms with E-state index in [1.807, 2.05) is 0 Å². The van der Waals surface area contributed by atoms with Gasteiger partial charge >= 0.3 is 16.8 Å². The van der Waals surface area contributed by atoms with Crippen molar-refractivity contribution in [1.82, 2.24) is 9.80 Å². The Balaban J connectivity index is -0.000000143. The Labute approximate surface area is 87.3 Å². The number of hydrogen-bond acceptors (Lipinski definition) is 4. The SMILES string of the molecule is CN(C)C(=O)[O-].CN(C)C(=O)[O-].[Co+2]. The summed E-state index contributed by atoms with van der Waals surface area (Å²) >= 11 is 0. The smallest absolute Gasteiger partial charge is 0.530 e. The summed E-state index contributed by atoms with van der Waals surface area (Å²) in [5.74, 6) is 0. The zero-order chi connectivity index (χ0) is 10.3. The van der Waals surface area contributed by atoms with Crippen LogP contribution in [0.4, 0.5) is 9.59 Å². The maximum Gasteiger partial charge on any atom is 2.00 e. The van der Waals surface area contributed by atoms with E-state index in [1.165, 1.54) is 28.2 Å². The average Bonchev–Trinajstić information content (AvgIpc) is 1.88. The quantitative estimate of drug-likeness (QED) is 0.476. The van der Waals surface area contributed by atoms with Crippen molar-refractivity contribution in [3.8, 4) is 0 Å². The van der Waals surface area contributed by atoms with Crippen LogP contribution in [-0.4, -0.2) is 50.2 Å². The van der Waals surface area contributed by atoms with Gasteiger partial charge < -0.3 is 29.6 Å². The molecule has 0 saturated carbocycles. The summed E-state index contributed by atoms with van der Waals surface area (Å²) in [5, 5.41) is 19.0. The van der Waals surface area contributed by atoms with Gasteiger partial charge in [0.15, 0.2) is 0 Å². The van der Waals surface area contributed by atoms with Gasteiger partial charge in [-0.1, -0.05) is 0 Å². The molecule has 79 valence electrons. The molecule has 1 radical (unpaired) electrons.